The summed E-state index contributed by atoms with van der Waals surface area (Å²) in [5.41, 5.74) is 7.57. The number of carboxylic acid groups (broad SMARTS) is 1. The molecule has 1 aromatic carbocycles. The van der Waals surface area contributed by atoms with Crippen molar-refractivity contribution in [1.29, 1.82) is 0 Å². The van der Waals surface area contributed by atoms with E-state index in [-0.39, 0.29) is 29.5 Å². The number of nitrogens with two attached hydrogens (primary N) is 1. The van der Waals surface area contributed by atoms with E-state index in [2.05, 4.69) is 11.9 Å². The maximum Gasteiger partial charge on any atom is 0.407 e. The summed E-state index contributed by atoms with van der Waals surface area (Å²) in [6.45, 7) is 2.68. The lowest BCUT2D eigenvalue weighted by Gasteiger charge is -2.41. The van der Waals surface area contributed by atoms with Crippen LogP contribution in [-0.2, 0) is 5.54 Å². The van der Waals surface area contributed by atoms with Crippen LogP contribution in [0.4, 0.5) is 13.6 Å². The van der Waals surface area contributed by atoms with Gasteiger partial charge in [0.15, 0.2) is 17.4 Å². The second-order valence-corrected chi connectivity index (χ2v) is 10.2. The quantitative estimate of drug-likeness (QED) is 0.643. The molecule has 0 bridgehead atoms. The monoisotopic (exact) mass is 457 g/mol. The van der Waals surface area contributed by atoms with Crippen LogP contribution >= 0.6 is 0 Å². The molecule has 2 aliphatic carbocycles. The third-order valence-electron chi connectivity index (χ3n) is 7.66. The van der Waals surface area contributed by atoms with Crippen LogP contribution in [0.15, 0.2) is 30.5 Å². The molecule has 3 aliphatic rings. The van der Waals surface area contributed by atoms with Crippen LogP contribution in [0, 0.1) is 23.0 Å². The lowest BCUT2D eigenvalue weighted by Crippen LogP contribution is -2.50. The van der Waals surface area contributed by atoms with E-state index in [9.17, 15) is 18.7 Å². The van der Waals surface area contributed by atoms with E-state index in [4.69, 9.17) is 10.5 Å². The van der Waals surface area contributed by atoms with E-state index in [0.717, 1.165) is 31.4 Å². The van der Waals surface area contributed by atoms with Gasteiger partial charge in [0.05, 0.1) is 17.8 Å². The van der Waals surface area contributed by atoms with Crippen molar-refractivity contribution >= 4 is 6.09 Å². The van der Waals surface area contributed by atoms with Gasteiger partial charge >= 0.3 is 6.09 Å². The fourth-order valence-electron chi connectivity index (χ4n) is 4.93. The van der Waals surface area contributed by atoms with Gasteiger partial charge in [-0.15, -0.1) is 0 Å². The predicted octanol–water partition coefficient (Wildman–Crippen LogP) is 4.91. The van der Waals surface area contributed by atoms with Crippen LogP contribution in [-0.4, -0.2) is 40.3 Å². The molecule has 1 aromatic heterocycles. The third kappa shape index (κ3) is 4.28. The Balaban J connectivity index is 1.26. The molecular formula is C25H29F2N3O3. The highest BCUT2D eigenvalue weighted by Gasteiger charge is 2.50. The van der Waals surface area contributed by atoms with E-state index < -0.39 is 23.5 Å². The van der Waals surface area contributed by atoms with Crippen molar-refractivity contribution < 1.29 is 23.4 Å². The van der Waals surface area contributed by atoms with Crippen molar-refractivity contribution in [2.24, 2.45) is 17.1 Å². The van der Waals surface area contributed by atoms with Crippen molar-refractivity contribution in [3.05, 3.63) is 47.8 Å². The SMILES string of the molecule is CC1(C2CC(COc3c(F)cc(-c4ccc(C5(N)CC5)nc4)cc3F)CCN2C(=O)O)CC1. The highest BCUT2D eigenvalue weighted by atomic mass is 19.1. The van der Waals surface area contributed by atoms with Gasteiger partial charge in [-0.1, -0.05) is 13.0 Å². The fraction of sp³-hybridized carbons (Fsp3) is 0.520. The highest BCUT2D eigenvalue weighted by Crippen LogP contribution is 2.53. The van der Waals surface area contributed by atoms with Crippen molar-refractivity contribution in [2.75, 3.05) is 13.2 Å². The molecular weight excluding hydrogens is 428 g/mol. The number of pyridine rings is 1. The minimum absolute atomic E-state index is 0.00183. The lowest BCUT2D eigenvalue weighted by molar-refractivity contribution is 0.0480. The number of piperidine rings is 1. The molecule has 2 unspecified atom stereocenters. The first kappa shape index (κ1) is 22.1. The Labute approximate surface area is 191 Å². The Morgan fingerprint density at radius 1 is 1.21 bits per heavy atom. The molecule has 8 heteroatoms. The first-order valence-corrected chi connectivity index (χ1v) is 11.6. The van der Waals surface area contributed by atoms with Crippen LogP contribution in [0.25, 0.3) is 11.1 Å². The number of hydrogen-bond acceptors (Lipinski definition) is 4. The first-order chi connectivity index (χ1) is 15.7. The normalized spacial score (nSPS) is 24.9. The number of benzene rings is 1. The van der Waals surface area contributed by atoms with Gasteiger partial charge < -0.3 is 20.5 Å². The van der Waals surface area contributed by atoms with Crippen LogP contribution in [0.2, 0.25) is 0 Å². The molecule has 5 rings (SSSR count). The molecule has 3 N–H and O–H groups in total. The van der Waals surface area contributed by atoms with Crippen molar-refractivity contribution in [3.63, 3.8) is 0 Å². The zero-order valence-corrected chi connectivity index (χ0v) is 18.7. The summed E-state index contributed by atoms with van der Waals surface area (Å²) in [7, 11) is 0. The van der Waals surface area contributed by atoms with E-state index in [1.54, 1.807) is 12.3 Å². The smallest absolute Gasteiger partial charge is 0.407 e. The van der Waals surface area contributed by atoms with Crippen LogP contribution < -0.4 is 10.5 Å². The molecule has 2 saturated carbocycles. The molecule has 0 radical (unpaired) electrons. The predicted molar refractivity (Wildman–Crippen MR) is 119 cm³/mol. The van der Waals surface area contributed by atoms with Crippen LogP contribution in [0.5, 0.6) is 5.75 Å². The van der Waals surface area contributed by atoms with Gasteiger partial charge in [-0.25, -0.2) is 13.6 Å². The van der Waals surface area contributed by atoms with E-state index in [1.165, 1.54) is 17.0 Å². The molecule has 6 nitrogen and oxygen atoms in total. The summed E-state index contributed by atoms with van der Waals surface area (Å²) in [6, 6.07) is 6.02. The minimum Gasteiger partial charge on any atom is -0.487 e. The third-order valence-corrected chi connectivity index (χ3v) is 7.66. The molecule has 3 fully saturated rings. The van der Waals surface area contributed by atoms with Crippen LogP contribution in [0.3, 0.4) is 0 Å². The van der Waals surface area contributed by atoms with E-state index >= 15 is 0 Å². The summed E-state index contributed by atoms with van der Waals surface area (Å²) in [5, 5.41) is 9.53. The number of rotatable bonds is 6. The topological polar surface area (TPSA) is 88.7 Å². The Bertz CT molecular complexity index is 1040. The Morgan fingerprint density at radius 3 is 2.45 bits per heavy atom. The average Bonchev–Trinajstić information content (AvgIpc) is 3.72. The van der Waals surface area contributed by atoms with Gasteiger partial charge in [-0.3, -0.25) is 4.98 Å². The van der Waals surface area contributed by atoms with E-state index in [1.807, 2.05) is 6.07 Å². The van der Waals surface area contributed by atoms with Gasteiger partial charge in [-0.05, 0) is 73.6 Å². The Morgan fingerprint density at radius 2 is 1.91 bits per heavy atom. The van der Waals surface area contributed by atoms with Crippen LogP contribution in [0.1, 0.15) is 51.1 Å². The van der Waals surface area contributed by atoms with Gasteiger partial charge in [0, 0.05) is 24.3 Å². The molecule has 33 heavy (non-hydrogen) atoms. The summed E-state index contributed by atoms with van der Waals surface area (Å²) in [4.78, 5) is 17.5. The number of likely N-dealkylation sites (tertiary alicyclic amines) is 1. The number of carbonyl (C=O) groups is 1. The Hall–Kier alpha value is -2.74. The molecule has 0 spiro atoms. The Kier molecular flexibility index (Phi) is 5.31. The fourth-order valence-corrected chi connectivity index (χ4v) is 4.93. The molecule has 2 heterocycles. The summed E-state index contributed by atoms with van der Waals surface area (Å²) in [6.07, 6.45) is 5.73. The van der Waals surface area contributed by atoms with Gasteiger partial charge in [-0.2, -0.15) is 0 Å². The maximum absolute atomic E-state index is 14.8. The highest BCUT2D eigenvalue weighted by molar-refractivity contribution is 5.66. The molecule has 1 amide bonds. The van der Waals surface area contributed by atoms with E-state index in [0.29, 0.717) is 30.5 Å². The number of halogens is 2. The second-order valence-electron chi connectivity index (χ2n) is 10.2. The number of nitrogens with zero attached hydrogens (tertiary/aromatic N) is 2. The van der Waals surface area contributed by atoms with Crippen molar-refractivity contribution in [3.8, 4) is 16.9 Å². The summed E-state index contributed by atoms with van der Waals surface area (Å²) >= 11 is 0. The zero-order valence-electron chi connectivity index (χ0n) is 18.7. The average molecular weight is 458 g/mol. The van der Waals surface area contributed by atoms with Crippen molar-refractivity contribution in [1.82, 2.24) is 9.88 Å². The minimum atomic E-state index is -0.901. The maximum atomic E-state index is 14.8. The number of amides is 1. The number of aromatic nitrogens is 1. The lowest BCUT2D eigenvalue weighted by atomic mass is 9.83. The summed E-state index contributed by atoms with van der Waals surface area (Å²) in [5.74, 6) is -1.87. The molecule has 1 aliphatic heterocycles. The van der Waals surface area contributed by atoms with Gasteiger partial charge in [0.1, 0.15) is 0 Å². The first-order valence-electron chi connectivity index (χ1n) is 11.6. The summed E-state index contributed by atoms with van der Waals surface area (Å²) < 4.78 is 35.2. The largest absolute Gasteiger partial charge is 0.487 e. The molecule has 2 aromatic rings. The molecule has 2 atom stereocenters. The second kappa shape index (κ2) is 7.94. The molecule has 176 valence electrons. The van der Waals surface area contributed by atoms with Gasteiger partial charge in [0.25, 0.3) is 0 Å². The molecule has 1 saturated heterocycles. The number of hydrogen-bond donors (Lipinski definition) is 2. The van der Waals surface area contributed by atoms with Crippen molar-refractivity contribution in [2.45, 2.75) is 57.0 Å². The van der Waals surface area contributed by atoms with Gasteiger partial charge in [0.2, 0.25) is 0 Å². The standard InChI is InChI=1S/C25H29F2N3O3/c1-24(5-6-24)21-10-15(4-9-30(21)23(31)32)14-33-22-18(26)11-17(12-19(22)27)16-2-3-20(29-13-16)25(28)7-8-25/h2-3,11-13,15,21H,4-10,14,28H2,1H3,(H,31,32). The number of ether oxygens (including phenoxy) is 1. The zero-order chi connectivity index (χ0) is 23.4.